The molecule has 0 aliphatic carbocycles. The average molecular weight is 288 g/mol. The van der Waals surface area contributed by atoms with Gasteiger partial charge in [0.05, 0.1) is 12.1 Å². The molecule has 0 spiro atoms. The van der Waals surface area contributed by atoms with E-state index in [9.17, 15) is 8.42 Å². The van der Waals surface area contributed by atoms with Gasteiger partial charge in [0, 0.05) is 39.3 Å². The lowest BCUT2D eigenvalue weighted by atomic mass is 10.2. The van der Waals surface area contributed by atoms with E-state index in [4.69, 9.17) is 5.26 Å². The molecular weight excluding hydrogens is 264 g/mol. The molecule has 0 aromatic carbocycles. The summed E-state index contributed by atoms with van der Waals surface area (Å²) in [6, 6.07) is 2.11. The Morgan fingerprint density at radius 3 is 2.16 bits per heavy atom. The monoisotopic (exact) mass is 288 g/mol. The van der Waals surface area contributed by atoms with Crippen molar-refractivity contribution >= 4 is 10.2 Å². The lowest BCUT2D eigenvalue weighted by Gasteiger charge is -2.38. The Morgan fingerprint density at radius 2 is 1.79 bits per heavy atom. The molecule has 1 atom stereocenters. The van der Waals surface area contributed by atoms with E-state index in [1.54, 1.807) is 7.05 Å². The molecule has 1 aliphatic rings. The van der Waals surface area contributed by atoms with Gasteiger partial charge in [-0.3, -0.25) is 4.90 Å². The summed E-state index contributed by atoms with van der Waals surface area (Å²) in [5, 5.41) is 9.03. The van der Waals surface area contributed by atoms with Crippen molar-refractivity contribution in [1.29, 1.82) is 5.26 Å². The van der Waals surface area contributed by atoms with Crippen LogP contribution in [0.2, 0.25) is 0 Å². The first-order chi connectivity index (χ1) is 8.84. The molecule has 0 aromatic heterocycles. The predicted molar refractivity (Wildman–Crippen MR) is 74.7 cm³/mol. The topological polar surface area (TPSA) is 67.6 Å². The Kier molecular flexibility index (Phi) is 5.74. The maximum absolute atomic E-state index is 12.3. The molecular formula is C12H24N4O2S. The summed E-state index contributed by atoms with van der Waals surface area (Å²) in [5.74, 6) is 0. The second-order valence-electron chi connectivity index (χ2n) is 5.11. The van der Waals surface area contributed by atoms with Gasteiger partial charge in [0.15, 0.2) is 0 Å². The number of rotatable bonds is 5. The van der Waals surface area contributed by atoms with Gasteiger partial charge in [0.2, 0.25) is 0 Å². The highest BCUT2D eigenvalue weighted by Gasteiger charge is 2.32. The molecule has 1 unspecified atom stereocenters. The third-order valence-corrected chi connectivity index (χ3v) is 5.83. The van der Waals surface area contributed by atoms with Crippen LogP contribution in [0.4, 0.5) is 0 Å². The smallest absolute Gasteiger partial charge is 0.282 e. The van der Waals surface area contributed by atoms with Crippen molar-refractivity contribution in [2.24, 2.45) is 0 Å². The van der Waals surface area contributed by atoms with Crippen molar-refractivity contribution in [3.63, 3.8) is 0 Å². The molecule has 6 nitrogen and oxygen atoms in total. The largest absolute Gasteiger partial charge is 0.285 e. The number of hydrogen-bond donors (Lipinski definition) is 0. The summed E-state index contributed by atoms with van der Waals surface area (Å²) in [6.07, 6.45) is 0.773. The molecule has 0 bridgehead atoms. The van der Waals surface area contributed by atoms with Crippen LogP contribution >= 0.6 is 0 Å². The maximum atomic E-state index is 12.3. The van der Waals surface area contributed by atoms with Crippen LogP contribution in [0.3, 0.4) is 0 Å². The Morgan fingerprint density at radius 1 is 1.26 bits per heavy atom. The summed E-state index contributed by atoms with van der Waals surface area (Å²) in [7, 11) is -1.76. The third-order valence-electron chi connectivity index (χ3n) is 3.67. The van der Waals surface area contributed by atoms with E-state index in [0.717, 1.165) is 6.42 Å². The zero-order chi connectivity index (χ0) is 14.6. The molecule has 1 saturated heterocycles. The molecule has 0 aromatic rings. The van der Waals surface area contributed by atoms with Crippen molar-refractivity contribution in [3.05, 3.63) is 0 Å². The SMILES string of the molecule is CCC(C#N)N1CCN(S(=O)(=O)N(C)C(C)C)CC1. The van der Waals surface area contributed by atoms with Crippen LogP contribution in [0.1, 0.15) is 27.2 Å². The lowest BCUT2D eigenvalue weighted by Crippen LogP contribution is -2.55. The van der Waals surface area contributed by atoms with Crippen LogP contribution in [-0.4, -0.2) is 67.2 Å². The third kappa shape index (κ3) is 3.66. The zero-order valence-electron chi connectivity index (χ0n) is 12.2. The van der Waals surface area contributed by atoms with E-state index in [0.29, 0.717) is 26.2 Å². The fraction of sp³-hybridized carbons (Fsp3) is 0.917. The molecule has 0 amide bonds. The van der Waals surface area contributed by atoms with Gasteiger partial charge in [-0.15, -0.1) is 0 Å². The van der Waals surface area contributed by atoms with Crippen LogP contribution in [0.5, 0.6) is 0 Å². The number of hydrogen-bond acceptors (Lipinski definition) is 4. The van der Waals surface area contributed by atoms with E-state index >= 15 is 0 Å². The summed E-state index contributed by atoms with van der Waals surface area (Å²) in [5.41, 5.74) is 0. The Bertz CT molecular complexity index is 422. The highest BCUT2D eigenvalue weighted by molar-refractivity contribution is 7.86. The zero-order valence-corrected chi connectivity index (χ0v) is 13.0. The minimum absolute atomic E-state index is 0.0504. The van der Waals surface area contributed by atoms with Gasteiger partial charge in [-0.1, -0.05) is 6.92 Å². The summed E-state index contributed by atoms with van der Waals surface area (Å²) < 4.78 is 27.5. The van der Waals surface area contributed by atoms with Gasteiger partial charge in [0.25, 0.3) is 10.2 Å². The van der Waals surface area contributed by atoms with Crippen LogP contribution < -0.4 is 0 Å². The molecule has 1 heterocycles. The maximum Gasteiger partial charge on any atom is 0.282 e. The molecule has 1 fully saturated rings. The number of nitrogens with zero attached hydrogens (tertiary/aromatic N) is 4. The van der Waals surface area contributed by atoms with Crippen LogP contribution in [0.15, 0.2) is 0 Å². The Labute approximate surface area is 116 Å². The van der Waals surface area contributed by atoms with E-state index in [1.165, 1.54) is 8.61 Å². The molecule has 110 valence electrons. The van der Waals surface area contributed by atoms with Crippen molar-refractivity contribution in [1.82, 2.24) is 13.5 Å². The van der Waals surface area contributed by atoms with Gasteiger partial charge in [-0.2, -0.15) is 22.3 Å². The molecule has 1 rings (SSSR count). The second-order valence-corrected chi connectivity index (χ2v) is 7.09. The Hall–Kier alpha value is -0.680. The van der Waals surface area contributed by atoms with E-state index in [-0.39, 0.29) is 12.1 Å². The summed E-state index contributed by atoms with van der Waals surface area (Å²) >= 11 is 0. The first kappa shape index (κ1) is 16.4. The van der Waals surface area contributed by atoms with Crippen molar-refractivity contribution in [2.45, 2.75) is 39.3 Å². The minimum Gasteiger partial charge on any atom is -0.285 e. The minimum atomic E-state index is -3.37. The van der Waals surface area contributed by atoms with Gasteiger partial charge in [-0.25, -0.2) is 0 Å². The highest BCUT2D eigenvalue weighted by atomic mass is 32.2. The van der Waals surface area contributed by atoms with Crippen LogP contribution in [0, 0.1) is 11.3 Å². The standard InChI is InChI=1S/C12H24N4O2S/c1-5-12(10-13)15-6-8-16(9-7-15)19(17,18)14(4)11(2)3/h11-12H,5-9H2,1-4H3. The van der Waals surface area contributed by atoms with Gasteiger partial charge in [-0.05, 0) is 20.3 Å². The second kappa shape index (κ2) is 6.66. The van der Waals surface area contributed by atoms with Crippen molar-refractivity contribution < 1.29 is 8.42 Å². The molecule has 0 N–H and O–H groups in total. The van der Waals surface area contributed by atoms with Crippen LogP contribution in [-0.2, 0) is 10.2 Å². The van der Waals surface area contributed by atoms with Gasteiger partial charge in [0.1, 0.15) is 0 Å². The summed E-state index contributed by atoms with van der Waals surface area (Å²) in [6.45, 7) is 7.85. The average Bonchev–Trinajstić information content (AvgIpc) is 2.39. The molecule has 19 heavy (non-hydrogen) atoms. The first-order valence-electron chi connectivity index (χ1n) is 6.71. The van der Waals surface area contributed by atoms with E-state index in [2.05, 4.69) is 11.0 Å². The highest BCUT2D eigenvalue weighted by Crippen LogP contribution is 2.15. The van der Waals surface area contributed by atoms with Crippen molar-refractivity contribution in [3.8, 4) is 6.07 Å². The fourth-order valence-electron chi connectivity index (χ4n) is 2.13. The fourth-order valence-corrected chi connectivity index (χ4v) is 3.65. The molecule has 7 heteroatoms. The van der Waals surface area contributed by atoms with Crippen LogP contribution in [0.25, 0.3) is 0 Å². The number of piperazine rings is 1. The molecule has 0 saturated carbocycles. The van der Waals surface area contributed by atoms with Gasteiger partial charge >= 0.3 is 0 Å². The van der Waals surface area contributed by atoms with E-state index in [1.807, 2.05) is 20.8 Å². The molecule has 1 aliphatic heterocycles. The first-order valence-corrected chi connectivity index (χ1v) is 8.11. The normalized spacial score (nSPS) is 20.7. The van der Waals surface area contributed by atoms with E-state index < -0.39 is 10.2 Å². The quantitative estimate of drug-likeness (QED) is 0.738. The Balaban J connectivity index is 2.66. The molecule has 0 radical (unpaired) electrons. The lowest BCUT2D eigenvalue weighted by molar-refractivity contribution is 0.154. The predicted octanol–water partition coefficient (Wildman–Crippen LogP) is 0.491. The summed E-state index contributed by atoms with van der Waals surface area (Å²) in [4.78, 5) is 2.06. The van der Waals surface area contributed by atoms with Crippen molar-refractivity contribution in [2.75, 3.05) is 33.2 Å². The van der Waals surface area contributed by atoms with Gasteiger partial charge < -0.3 is 0 Å². The number of nitriles is 1.